The van der Waals surface area contributed by atoms with Gasteiger partial charge >= 0.3 is 5.97 Å². The fourth-order valence-electron chi connectivity index (χ4n) is 1.88. The molecule has 0 radical (unpaired) electrons. The molecule has 8 heteroatoms. The summed E-state index contributed by atoms with van der Waals surface area (Å²) in [7, 11) is 0. The van der Waals surface area contributed by atoms with E-state index in [0.29, 0.717) is 17.4 Å². The molecule has 2 aromatic heterocycles. The minimum absolute atomic E-state index is 0.191. The number of thiazole rings is 1. The number of amides is 1. The molecule has 0 aliphatic heterocycles. The number of hydrogen-bond acceptors (Lipinski definition) is 6. The second kappa shape index (κ2) is 8.23. The Hall–Kier alpha value is -2.48. The maximum absolute atomic E-state index is 12.1. The normalized spacial score (nSPS) is 11.7. The number of nitrogens with zero attached hydrogens (tertiary/aromatic N) is 2. The number of rotatable bonds is 8. The van der Waals surface area contributed by atoms with Gasteiger partial charge in [-0.05, 0) is 18.6 Å². The second-order valence-electron chi connectivity index (χ2n) is 4.88. The van der Waals surface area contributed by atoms with Gasteiger partial charge in [0.2, 0.25) is 0 Å². The third kappa shape index (κ3) is 5.03. The Morgan fingerprint density at radius 3 is 2.87 bits per heavy atom. The predicted molar refractivity (Wildman–Crippen MR) is 88.0 cm³/mol. The number of aromatic nitrogens is 2. The van der Waals surface area contributed by atoms with Crippen LogP contribution in [0.3, 0.4) is 0 Å². The van der Waals surface area contributed by atoms with Crippen LogP contribution in [0.25, 0.3) is 0 Å². The quantitative estimate of drug-likeness (QED) is 0.685. The molecule has 7 nitrogen and oxygen atoms in total. The fourth-order valence-corrected chi connectivity index (χ4v) is 2.58. The first-order valence-corrected chi connectivity index (χ1v) is 8.15. The van der Waals surface area contributed by atoms with Crippen LogP contribution in [0.2, 0.25) is 0 Å². The van der Waals surface area contributed by atoms with E-state index in [4.69, 9.17) is 5.11 Å². The highest BCUT2D eigenvalue weighted by molar-refractivity contribution is 7.14. The maximum atomic E-state index is 12.1. The Labute approximate surface area is 137 Å². The maximum Gasteiger partial charge on any atom is 0.326 e. The highest BCUT2D eigenvalue weighted by atomic mass is 32.1. The zero-order chi connectivity index (χ0) is 16.7. The van der Waals surface area contributed by atoms with Gasteiger partial charge in [-0.2, -0.15) is 0 Å². The summed E-state index contributed by atoms with van der Waals surface area (Å²) in [6, 6.07) is 4.53. The molecule has 3 N–H and O–H groups in total. The third-order valence-electron chi connectivity index (χ3n) is 3.09. The van der Waals surface area contributed by atoms with Gasteiger partial charge in [0.15, 0.2) is 5.13 Å². The van der Waals surface area contributed by atoms with Crippen molar-refractivity contribution >= 4 is 34.2 Å². The van der Waals surface area contributed by atoms with Crippen molar-refractivity contribution in [3.63, 3.8) is 0 Å². The average Bonchev–Trinajstić information content (AvgIpc) is 3.00. The van der Waals surface area contributed by atoms with Crippen LogP contribution in [0, 0.1) is 0 Å². The van der Waals surface area contributed by atoms with Crippen molar-refractivity contribution in [2.45, 2.75) is 32.2 Å². The van der Waals surface area contributed by atoms with Crippen molar-refractivity contribution < 1.29 is 14.7 Å². The van der Waals surface area contributed by atoms with E-state index in [1.165, 1.54) is 11.3 Å². The minimum Gasteiger partial charge on any atom is -0.480 e. The van der Waals surface area contributed by atoms with Gasteiger partial charge < -0.3 is 15.7 Å². The van der Waals surface area contributed by atoms with E-state index in [2.05, 4.69) is 20.6 Å². The molecule has 2 aromatic rings. The molecule has 1 amide bonds. The second-order valence-corrected chi connectivity index (χ2v) is 5.74. The highest BCUT2D eigenvalue weighted by Crippen LogP contribution is 2.19. The number of carbonyl (C=O) groups excluding carboxylic acids is 1. The van der Waals surface area contributed by atoms with E-state index in [-0.39, 0.29) is 5.69 Å². The first-order valence-electron chi connectivity index (χ1n) is 7.27. The summed E-state index contributed by atoms with van der Waals surface area (Å²) in [5.74, 6) is -0.896. The number of unbranched alkanes of at least 4 members (excludes halogenated alkanes) is 1. The Morgan fingerprint density at radius 2 is 2.22 bits per heavy atom. The molecule has 23 heavy (non-hydrogen) atoms. The molecule has 122 valence electrons. The molecule has 2 rings (SSSR count). The van der Waals surface area contributed by atoms with Crippen LogP contribution in [0.5, 0.6) is 0 Å². The van der Waals surface area contributed by atoms with Crippen molar-refractivity contribution in [3.8, 4) is 0 Å². The number of aliphatic carboxylic acids is 1. The number of hydrogen-bond donors (Lipinski definition) is 3. The molecule has 0 aliphatic rings. The third-order valence-corrected chi connectivity index (χ3v) is 3.84. The van der Waals surface area contributed by atoms with E-state index < -0.39 is 17.9 Å². The molecule has 1 atom stereocenters. The van der Waals surface area contributed by atoms with Crippen molar-refractivity contribution in [3.05, 3.63) is 35.5 Å². The van der Waals surface area contributed by atoms with Crippen LogP contribution in [0.4, 0.5) is 10.9 Å². The number of anilines is 2. The van der Waals surface area contributed by atoms with E-state index in [0.717, 1.165) is 12.8 Å². The van der Waals surface area contributed by atoms with Crippen molar-refractivity contribution in [2.75, 3.05) is 5.32 Å². The van der Waals surface area contributed by atoms with Gasteiger partial charge in [-0.25, -0.2) is 14.8 Å². The highest BCUT2D eigenvalue weighted by Gasteiger charge is 2.21. The van der Waals surface area contributed by atoms with Crippen LogP contribution in [-0.4, -0.2) is 33.0 Å². The average molecular weight is 334 g/mol. The van der Waals surface area contributed by atoms with E-state index >= 15 is 0 Å². The summed E-state index contributed by atoms with van der Waals surface area (Å²) in [6.45, 7) is 1.97. The van der Waals surface area contributed by atoms with Crippen LogP contribution in [-0.2, 0) is 4.79 Å². The summed E-state index contributed by atoms with van der Waals surface area (Å²) in [5.41, 5.74) is 0.191. The van der Waals surface area contributed by atoms with Gasteiger partial charge in [0, 0.05) is 11.6 Å². The van der Waals surface area contributed by atoms with E-state index in [1.807, 2.05) is 13.0 Å². The summed E-state index contributed by atoms with van der Waals surface area (Å²) < 4.78 is 0. The lowest BCUT2D eigenvalue weighted by molar-refractivity contribution is -0.139. The largest absolute Gasteiger partial charge is 0.480 e. The van der Waals surface area contributed by atoms with Crippen molar-refractivity contribution in [1.29, 1.82) is 0 Å². The lowest BCUT2D eigenvalue weighted by Gasteiger charge is -2.12. The molecule has 0 aromatic carbocycles. The van der Waals surface area contributed by atoms with Crippen molar-refractivity contribution in [2.24, 2.45) is 0 Å². The minimum atomic E-state index is -1.03. The molecule has 2 heterocycles. The first kappa shape index (κ1) is 16.9. The summed E-state index contributed by atoms with van der Waals surface area (Å²) in [4.78, 5) is 31.6. The molecule has 0 saturated carbocycles. The number of pyridine rings is 1. The number of carbonyl (C=O) groups is 2. The molecule has 0 bridgehead atoms. The van der Waals surface area contributed by atoms with Crippen molar-refractivity contribution in [1.82, 2.24) is 15.3 Å². The topological polar surface area (TPSA) is 104 Å². The van der Waals surface area contributed by atoms with Gasteiger partial charge in [-0.15, -0.1) is 11.3 Å². The lowest BCUT2D eigenvalue weighted by atomic mass is 10.1. The molecule has 0 saturated heterocycles. The lowest BCUT2D eigenvalue weighted by Crippen LogP contribution is -2.40. The Morgan fingerprint density at radius 1 is 1.39 bits per heavy atom. The number of nitrogens with one attached hydrogen (secondary N) is 2. The molecule has 0 unspecified atom stereocenters. The first-order chi connectivity index (χ1) is 11.1. The fraction of sp³-hybridized carbons (Fsp3) is 0.333. The SMILES string of the molecule is CCCC[C@H](NC(=O)c1csc(Nc2ccccn2)n1)C(=O)O. The predicted octanol–water partition coefficient (Wildman–Crippen LogP) is 2.65. The van der Waals surface area contributed by atoms with Gasteiger partial charge in [-0.1, -0.05) is 25.8 Å². The molecule has 0 aliphatic carbocycles. The Balaban J connectivity index is 1.98. The molecule has 0 spiro atoms. The van der Waals surface area contributed by atoms with E-state index in [9.17, 15) is 9.59 Å². The van der Waals surface area contributed by atoms with Gasteiger partial charge in [0.25, 0.3) is 5.91 Å². The molecule has 0 fully saturated rings. The summed E-state index contributed by atoms with van der Waals surface area (Å²) >= 11 is 1.26. The summed E-state index contributed by atoms with van der Waals surface area (Å²) in [6.07, 6.45) is 3.66. The van der Waals surface area contributed by atoms with E-state index in [1.54, 1.807) is 23.7 Å². The standard InChI is InChI=1S/C15H18N4O3S/c1-2-3-6-10(14(21)22)17-13(20)11-9-23-15(18-11)19-12-7-4-5-8-16-12/h4-5,7-10H,2-3,6H2,1H3,(H,17,20)(H,21,22)(H,16,18,19)/t10-/m0/s1. The van der Waals surface area contributed by atoms with Gasteiger partial charge in [0.05, 0.1) is 0 Å². The molecular formula is C15H18N4O3S. The molecular weight excluding hydrogens is 316 g/mol. The monoisotopic (exact) mass is 334 g/mol. The van der Waals surface area contributed by atoms with Gasteiger partial charge in [0.1, 0.15) is 17.6 Å². The van der Waals surface area contributed by atoms with Crippen LogP contribution in [0.1, 0.15) is 36.7 Å². The Kier molecular flexibility index (Phi) is 6.04. The summed E-state index contributed by atoms with van der Waals surface area (Å²) in [5, 5.41) is 16.7. The smallest absolute Gasteiger partial charge is 0.326 e. The van der Waals surface area contributed by atoms with Crippen LogP contribution >= 0.6 is 11.3 Å². The Bertz CT molecular complexity index is 660. The van der Waals surface area contributed by atoms with Crippen LogP contribution < -0.4 is 10.6 Å². The van der Waals surface area contributed by atoms with Gasteiger partial charge in [-0.3, -0.25) is 4.79 Å². The number of carboxylic acid groups (broad SMARTS) is 1. The van der Waals surface area contributed by atoms with Crippen LogP contribution in [0.15, 0.2) is 29.8 Å². The zero-order valence-corrected chi connectivity index (χ0v) is 13.5. The number of carboxylic acids is 1. The zero-order valence-electron chi connectivity index (χ0n) is 12.7.